The Bertz CT molecular complexity index is 369. The van der Waals surface area contributed by atoms with E-state index in [1.54, 1.807) is 0 Å². The third-order valence-corrected chi connectivity index (χ3v) is 5.73. The Labute approximate surface area is 118 Å². The molecule has 2 N–H and O–H groups in total. The molecule has 0 aromatic rings. The van der Waals surface area contributed by atoms with Crippen LogP contribution in [0.5, 0.6) is 0 Å². The number of rotatable bonds is 2. The summed E-state index contributed by atoms with van der Waals surface area (Å²) in [7, 11) is 0. The van der Waals surface area contributed by atoms with Crippen LogP contribution >= 0.6 is 11.8 Å². The molecule has 6 heteroatoms. The molecule has 3 rings (SSSR count). The SMILES string of the molecule is O=C(O)C1C2C[SH3]C=CC2NN1N1CCCCCC1. The van der Waals surface area contributed by atoms with E-state index in [1.807, 2.05) is 5.12 Å². The molecule has 0 aromatic carbocycles. The average Bonchev–Trinajstić information content (AvgIpc) is 2.59. The molecule has 109 valence electrons. The van der Waals surface area contributed by atoms with Crippen molar-refractivity contribution in [2.24, 2.45) is 5.92 Å². The molecule has 0 saturated carbocycles. The first-order chi connectivity index (χ1) is 9.27. The molecule has 3 aliphatic rings. The smallest absolute Gasteiger partial charge is 0.324 e. The van der Waals surface area contributed by atoms with Gasteiger partial charge >= 0.3 is 5.97 Å². The highest BCUT2D eigenvalue weighted by Crippen LogP contribution is 2.32. The van der Waals surface area contributed by atoms with Crippen molar-refractivity contribution in [1.29, 1.82) is 0 Å². The maximum absolute atomic E-state index is 11.7. The van der Waals surface area contributed by atoms with Crippen LogP contribution in [0, 0.1) is 5.92 Å². The van der Waals surface area contributed by atoms with Gasteiger partial charge in [0.2, 0.25) is 0 Å². The summed E-state index contributed by atoms with van der Waals surface area (Å²) in [6.45, 7) is 1.96. The predicted molar refractivity (Wildman–Crippen MR) is 79.5 cm³/mol. The number of fused-ring (bicyclic) bond motifs is 1. The Kier molecular flexibility index (Phi) is 4.12. The summed E-state index contributed by atoms with van der Waals surface area (Å²) in [6, 6.07) is -0.175. The average molecular weight is 286 g/mol. The minimum absolute atomic E-state index is 0.214. The van der Waals surface area contributed by atoms with Gasteiger partial charge in [0.25, 0.3) is 0 Å². The van der Waals surface area contributed by atoms with Crippen molar-refractivity contribution < 1.29 is 9.90 Å². The lowest BCUT2D eigenvalue weighted by molar-refractivity contribution is -0.156. The van der Waals surface area contributed by atoms with E-state index in [0.29, 0.717) is 0 Å². The number of nitrogens with zero attached hydrogens (tertiary/aromatic N) is 2. The number of carbonyl (C=O) groups is 1. The minimum atomic E-state index is -0.682. The highest BCUT2D eigenvalue weighted by atomic mass is 32.2. The van der Waals surface area contributed by atoms with Crippen LogP contribution in [0.25, 0.3) is 0 Å². The normalized spacial score (nSPS) is 37.4. The zero-order valence-corrected chi connectivity index (χ0v) is 12.3. The van der Waals surface area contributed by atoms with Gasteiger partial charge in [0.15, 0.2) is 0 Å². The van der Waals surface area contributed by atoms with Crippen molar-refractivity contribution in [3.8, 4) is 0 Å². The molecule has 19 heavy (non-hydrogen) atoms. The minimum Gasteiger partial charge on any atom is -0.480 e. The molecular weight excluding hydrogens is 262 g/mol. The van der Waals surface area contributed by atoms with E-state index in [-0.39, 0.29) is 29.8 Å². The fourth-order valence-electron chi connectivity index (χ4n) is 3.42. The lowest BCUT2D eigenvalue weighted by Gasteiger charge is -2.34. The van der Waals surface area contributed by atoms with E-state index < -0.39 is 5.97 Å². The Hall–Kier alpha value is -0.560. The number of aliphatic carboxylic acids is 1. The molecule has 1 radical (unpaired) electrons. The molecule has 2 fully saturated rings. The standard InChI is InChI=1S/C13H24N3O2S/c17-13(18)12-10-9-19-8-5-11(10)14-16(12)15-6-3-1-2-4-7-15/h5,8,10-12,14H,1-4,6-7,9H2,19H3,(H,17,18). The molecule has 0 aromatic heterocycles. The zero-order chi connectivity index (χ0) is 13.2. The molecule has 3 unspecified atom stereocenters. The van der Waals surface area contributed by atoms with Gasteiger partial charge in [0.1, 0.15) is 6.04 Å². The number of carboxylic acid groups (broad SMARTS) is 1. The summed E-state index contributed by atoms with van der Waals surface area (Å²) in [5, 5.41) is 16.0. The van der Waals surface area contributed by atoms with Crippen LogP contribution in [-0.2, 0) is 4.79 Å². The maximum Gasteiger partial charge on any atom is 0.324 e. The summed E-state index contributed by atoms with van der Waals surface area (Å²) >= 11 is 0.285. The van der Waals surface area contributed by atoms with Gasteiger partial charge in [-0.1, -0.05) is 24.3 Å². The van der Waals surface area contributed by atoms with Crippen molar-refractivity contribution in [3.63, 3.8) is 0 Å². The molecule has 3 aliphatic heterocycles. The third-order valence-electron chi connectivity index (χ3n) is 4.41. The second-order valence-electron chi connectivity index (χ2n) is 5.67. The van der Waals surface area contributed by atoms with Gasteiger partial charge in [-0.15, -0.1) is 0 Å². The molecular formula is C13H24N3O2S. The molecule has 5 nitrogen and oxygen atoms in total. The number of hydrogen-bond donors (Lipinski definition) is 2. The first-order valence-electron chi connectivity index (χ1n) is 7.30. The van der Waals surface area contributed by atoms with Crippen molar-refractivity contribution in [2.75, 3.05) is 18.8 Å². The Morgan fingerprint density at radius 1 is 1.26 bits per heavy atom. The highest BCUT2D eigenvalue weighted by molar-refractivity contribution is 8.02. The van der Waals surface area contributed by atoms with E-state index in [2.05, 4.69) is 21.9 Å². The van der Waals surface area contributed by atoms with Gasteiger partial charge in [-0.25, -0.2) is 10.4 Å². The third kappa shape index (κ3) is 2.67. The monoisotopic (exact) mass is 286 g/mol. The van der Waals surface area contributed by atoms with Gasteiger partial charge in [0.05, 0.1) is 0 Å². The quantitative estimate of drug-likeness (QED) is 0.774. The van der Waals surface area contributed by atoms with Gasteiger partial charge in [-0.2, -0.15) is 5.12 Å². The van der Waals surface area contributed by atoms with E-state index in [9.17, 15) is 9.90 Å². The Balaban J connectivity index is 1.79. The molecule has 0 bridgehead atoms. The number of carboxylic acids is 1. The van der Waals surface area contributed by atoms with Gasteiger partial charge < -0.3 is 5.11 Å². The Morgan fingerprint density at radius 3 is 2.68 bits per heavy atom. The molecule has 3 atom stereocenters. The van der Waals surface area contributed by atoms with Crippen LogP contribution in [0.4, 0.5) is 0 Å². The van der Waals surface area contributed by atoms with Crippen LogP contribution < -0.4 is 5.43 Å². The first-order valence-corrected chi connectivity index (χ1v) is 8.79. The fourth-order valence-corrected chi connectivity index (χ4v) is 4.84. The van der Waals surface area contributed by atoms with Crippen molar-refractivity contribution in [3.05, 3.63) is 11.5 Å². The summed E-state index contributed by atoms with van der Waals surface area (Å²) < 4.78 is 0. The van der Waals surface area contributed by atoms with Crippen molar-refractivity contribution >= 4 is 17.7 Å². The number of nitrogens with one attached hydrogen (secondary N) is 1. The van der Waals surface area contributed by atoms with E-state index >= 15 is 0 Å². The molecule has 0 aliphatic carbocycles. The summed E-state index contributed by atoms with van der Waals surface area (Å²) in [6.07, 6.45) is 7.04. The van der Waals surface area contributed by atoms with Crippen LogP contribution in [0.15, 0.2) is 11.5 Å². The second kappa shape index (κ2) is 5.83. The maximum atomic E-state index is 11.7. The fraction of sp³-hybridized carbons (Fsp3) is 0.769. The zero-order valence-electron chi connectivity index (χ0n) is 11.2. The molecule has 0 amide bonds. The van der Waals surface area contributed by atoms with Crippen LogP contribution in [0.3, 0.4) is 0 Å². The molecule has 2 saturated heterocycles. The Morgan fingerprint density at radius 2 is 2.00 bits per heavy atom. The number of hydrogen-bond acceptors (Lipinski definition) is 4. The van der Waals surface area contributed by atoms with Gasteiger partial charge in [-0.05, 0) is 18.6 Å². The van der Waals surface area contributed by atoms with E-state index in [0.717, 1.165) is 18.8 Å². The second-order valence-corrected chi connectivity index (χ2v) is 7.00. The van der Waals surface area contributed by atoms with Crippen LogP contribution in [-0.4, -0.2) is 52.1 Å². The lowest BCUT2D eigenvalue weighted by atomic mass is 9.96. The topological polar surface area (TPSA) is 55.8 Å². The summed E-state index contributed by atoms with van der Waals surface area (Å²) in [5.41, 5.74) is 3.43. The summed E-state index contributed by atoms with van der Waals surface area (Å²) in [5.74, 6) is 0.606. The predicted octanol–water partition coefficient (Wildman–Crippen LogP) is 0.493. The largest absolute Gasteiger partial charge is 0.480 e. The van der Waals surface area contributed by atoms with Crippen LogP contribution in [0.1, 0.15) is 25.7 Å². The van der Waals surface area contributed by atoms with E-state index in [1.165, 1.54) is 25.7 Å². The van der Waals surface area contributed by atoms with Crippen molar-refractivity contribution in [1.82, 2.24) is 15.6 Å². The first kappa shape index (κ1) is 13.4. The highest BCUT2D eigenvalue weighted by Gasteiger charge is 2.47. The van der Waals surface area contributed by atoms with E-state index in [4.69, 9.17) is 0 Å². The lowest BCUT2D eigenvalue weighted by Crippen LogP contribution is -2.54. The number of hydrazine groups is 2. The van der Waals surface area contributed by atoms with Crippen molar-refractivity contribution in [2.45, 2.75) is 37.8 Å². The van der Waals surface area contributed by atoms with Gasteiger partial charge in [-0.3, -0.25) is 16.6 Å². The molecule has 0 spiro atoms. The summed E-state index contributed by atoms with van der Waals surface area (Å²) in [4.78, 5) is 11.7. The van der Waals surface area contributed by atoms with Crippen LogP contribution in [0.2, 0.25) is 0 Å². The molecule has 3 heterocycles. The van der Waals surface area contributed by atoms with Gasteiger partial charge in [0, 0.05) is 25.0 Å².